The van der Waals surface area contributed by atoms with Gasteiger partial charge in [0.05, 0.1) is 0 Å². The van der Waals surface area contributed by atoms with Gasteiger partial charge in [-0.25, -0.2) is 0 Å². The third-order valence-corrected chi connectivity index (χ3v) is 3.27. The van der Waals surface area contributed by atoms with Gasteiger partial charge < -0.3 is 10.4 Å². The molecule has 3 heteroatoms. The summed E-state index contributed by atoms with van der Waals surface area (Å²) < 4.78 is 0. The lowest BCUT2D eigenvalue weighted by molar-refractivity contribution is 0.282. The zero-order chi connectivity index (χ0) is 8.10. The van der Waals surface area contributed by atoms with Gasteiger partial charge >= 0.3 is 0 Å². The molecule has 2 N–H and O–H groups in total. The summed E-state index contributed by atoms with van der Waals surface area (Å²) in [5, 5.41) is 12.1. The van der Waals surface area contributed by atoms with Crippen LogP contribution in [0.15, 0.2) is 0 Å². The number of aliphatic hydroxyl groups is 1. The van der Waals surface area contributed by atoms with Crippen LogP contribution >= 0.6 is 15.9 Å². The van der Waals surface area contributed by atoms with Gasteiger partial charge in [-0.1, -0.05) is 15.9 Å². The van der Waals surface area contributed by atoms with Crippen LogP contribution < -0.4 is 5.32 Å². The lowest BCUT2D eigenvalue weighted by Gasteiger charge is -2.16. The Hall–Kier alpha value is 0.400. The second kappa shape index (κ2) is 5.12. The Kier molecular flexibility index (Phi) is 4.41. The van der Waals surface area contributed by atoms with E-state index >= 15 is 0 Å². The molecular formula is C8H16BrNO. The van der Waals surface area contributed by atoms with Crippen molar-refractivity contribution in [3.63, 3.8) is 0 Å². The Morgan fingerprint density at radius 2 is 2.45 bits per heavy atom. The van der Waals surface area contributed by atoms with E-state index in [9.17, 15) is 0 Å². The Labute approximate surface area is 76.5 Å². The SMILES string of the molecule is OCCC[C@@H](Br)[C@H]1CCCN1. The van der Waals surface area contributed by atoms with Gasteiger partial charge in [-0.15, -0.1) is 0 Å². The highest BCUT2D eigenvalue weighted by Crippen LogP contribution is 2.19. The summed E-state index contributed by atoms with van der Waals surface area (Å²) in [5.41, 5.74) is 0. The molecule has 0 aromatic heterocycles. The van der Waals surface area contributed by atoms with Crippen LogP contribution in [-0.4, -0.2) is 29.1 Å². The van der Waals surface area contributed by atoms with Gasteiger partial charge in [0.15, 0.2) is 0 Å². The predicted molar refractivity (Wildman–Crippen MR) is 50.1 cm³/mol. The number of halogens is 1. The fourth-order valence-electron chi connectivity index (χ4n) is 1.51. The summed E-state index contributed by atoms with van der Waals surface area (Å²) in [6, 6.07) is 0.640. The summed E-state index contributed by atoms with van der Waals surface area (Å²) >= 11 is 3.63. The molecule has 66 valence electrons. The lowest BCUT2D eigenvalue weighted by Crippen LogP contribution is -2.30. The molecule has 1 heterocycles. The number of rotatable bonds is 4. The summed E-state index contributed by atoms with van der Waals surface area (Å²) in [4.78, 5) is 0.553. The summed E-state index contributed by atoms with van der Waals surface area (Å²) in [7, 11) is 0. The maximum atomic E-state index is 8.62. The van der Waals surface area contributed by atoms with Gasteiger partial charge in [0, 0.05) is 17.5 Å². The fourth-order valence-corrected chi connectivity index (χ4v) is 2.28. The Morgan fingerprint density at radius 3 is 3.00 bits per heavy atom. The monoisotopic (exact) mass is 221 g/mol. The van der Waals surface area contributed by atoms with E-state index in [0.717, 1.165) is 19.4 Å². The van der Waals surface area contributed by atoms with E-state index in [1.165, 1.54) is 12.8 Å². The van der Waals surface area contributed by atoms with E-state index < -0.39 is 0 Å². The number of nitrogens with one attached hydrogen (secondary N) is 1. The van der Waals surface area contributed by atoms with Crippen LogP contribution in [0.3, 0.4) is 0 Å². The molecule has 2 nitrogen and oxygen atoms in total. The van der Waals surface area contributed by atoms with Crippen LogP contribution in [0.2, 0.25) is 0 Å². The topological polar surface area (TPSA) is 32.3 Å². The van der Waals surface area contributed by atoms with Crippen molar-refractivity contribution in [1.82, 2.24) is 5.32 Å². The molecule has 0 amide bonds. The lowest BCUT2D eigenvalue weighted by atomic mass is 10.1. The fraction of sp³-hybridized carbons (Fsp3) is 1.00. The molecular weight excluding hydrogens is 206 g/mol. The molecule has 2 atom stereocenters. The van der Waals surface area contributed by atoms with Gasteiger partial charge in [0.25, 0.3) is 0 Å². The van der Waals surface area contributed by atoms with E-state index in [2.05, 4.69) is 21.2 Å². The zero-order valence-electron chi connectivity index (χ0n) is 6.72. The largest absolute Gasteiger partial charge is 0.396 e. The average molecular weight is 222 g/mol. The second-order valence-corrected chi connectivity index (χ2v) is 4.26. The first kappa shape index (κ1) is 9.49. The maximum absolute atomic E-state index is 8.62. The van der Waals surface area contributed by atoms with E-state index in [4.69, 9.17) is 5.11 Å². The highest BCUT2D eigenvalue weighted by Gasteiger charge is 2.21. The molecule has 0 radical (unpaired) electrons. The van der Waals surface area contributed by atoms with Gasteiger partial charge in [-0.2, -0.15) is 0 Å². The molecule has 1 saturated heterocycles. The molecule has 1 aliphatic heterocycles. The first-order valence-electron chi connectivity index (χ1n) is 4.33. The van der Waals surface area contributed by atoms with E-state index in [0.29, 0.717) is 17.5 Å². The van der Waals surface area contributed by atoms with Gasteiger partial charge in [0.1, 0.15) is 0 Å². The van der Waals surface area contributed by atoms with Crippen molar-refractivity contribution in [2.45, 2.75) is 36.6 Å². The van der Waals surface area contributed by atoms with Crippen molar-refractivity contribution in [3.05, 3.63) is 0 Å². The Balaban J connectivity index is 2.12. The van der Waals surface area contributed by atoms with Crippen molar-refractivity contribution in [1.29, 1.82) is 0 Å². The molecule has 11 heavy (non-hydrogen) atoms. The second-order valence-electron chi connectivity index (χ2n) is 3.08. The van der Waals surface area contributed by atoms with Gasteiger partial charge in [-0.05, 0) is 32.2 Å². The minimum atomic E-state index is 0.314. The number of alkyl halides is 1. The smallest absolute Gasteiger partial charge is 0.0431 e. The third kappa shape index (κ3) is 3.09. The molecule has 0 aromatic rings. The first-order valence-corrected chi connectivity index (χ1v) is 5.24. The van der Waals surface area contributed by atoms with Crippen molar-refractivity contribution < 1.29 is 5.11 Å². The Bertz CT molecular complexity index is 104. The first-order chi connectivity index (χ1) is 5.34. The molecule has 0 saturated carbocycles. The quantitative estimate of drug-likeness (QED) is 0.702. The molecule has 0 aliphatic carbocycles. The van der Waals surface area contributed by atoms with E-state index in [1.807, 2.05) is 0 Å². The standard InChI is InChI=1S/C8H16BrNO/c9-7(3-2-6-11)8-4-1-5-10-8/h7-8,10-11H,1-6H2/t7-,8-/m1/s1. The third-order valence-electron chi connectivity index (χ3n) is 2.17. The predicted octanol–water partition coefficient (Wildman–Crippen LogP) is 1.27. The van der Waals surface area contributed by atoms with E-state index in [1.54, 1.807) is 0 Å². The molecule has 1 aliphatic rings. The van der Waals surface area contributed by atoms with Crippen LogP contribution in [0.4, 0.5) is 0 Å². The summed E-state index contributed by atoms with van der Waals surface area (Å²) in [5.74, 6) is 0. The van der Waals surface area contributed by atoms with Crippen LogP contribution in [0.5, 0.6) is 0 Å². The molecule has 0 spiro atoms. The Morgan fingerprint density at radius 1 is 1.64 bits per heavy atom. The van der Waals surface area contributed by atoms with E-state index in [-0.39, 0.29) is 0 Å². The molecule has 1 fully saturated rings. The van der Waals surface area contributed by atoms with Crippen LogP contribution in [0, 0.1) is 0 Å². The molecule has 1 rings (SSSR count). The zero-order valence-corrected chi connectivity index (χ0v) is 8.31. The summed E-state index contributed by atoms with van der Waals surface area (Å²) in [6.07, 6.45) is 4.56. The summed E-state index contributed by atoms with van der Waals surface area (Å²) in [6.45, 7) is 1.47. The average Bonchev–Trinajstić information content (AvgIpc) is 2.52. The molecule has 0 unspecified atom stereocenters. The van der Waals surface area contributed by atoms with Crippen molar-refractivity contribution >= 4 is 15.9 Å². The minimum Gasteiger partial charge on any atom is -0.396 e. The highest BCUT2D eigenvalue weighted by molar-refractivity contribution is 9.09. The number of hydrogen-bond donors (Lipinski definition) is 2. The minimum absolute atomic E-state index is 0.314. The number of aliphatic hydroxyl groups excluding tert-OH is 1. The van der Waals surface area contributed by atoms with Gasteiger partial charge in [0.2, 0.25) is 0 Å². The van der Waals surface area contributed by atoms with Crippen molar-refractivity contribution in [2.24, 2.45) is 0 Å². The number of hydrogen-bond acceptors (Lipinski definition) is 2. The van der Waals surface area contributed by atoms with Crippen molar-refractivity contribution in [3.8, 4) is 0 Å². The van der Waals surface area contributed by atoms with Crippen LogP contribution in [-0.2, 0) is 0 Å². The van der Waals surface area contributed by atoms with Crippen LogP contribution in [0.1, 0.15) is 25.7 Å². The van der Waals surface area contributed by atoms with Crippen molar-refractivity contribution in [2.75, 3.05) is 13.2 Å². The molecule has 0 aromatic carbocycles. The van der Waals surface area contributed by atoms with Gasteiger partial charge in [-0.3, -0.25) is 0 Å². The normalized spacial score (nSPS) is 27.3. The highest BCUT2D eigenvalue weighted by atomic mass is 79.9. The molecule has 0 bridgehead atoms. The van der Waals surface area contributed by atoms with Crippen LogP contribution in [0.25, 0.3) is 0 Å². The maximum Gasteiger partial charge on any atom is 0.0431 e.